The number of hydrogen-bond donors (Lipinski definition) is 1. The van der Waals surface area contributed by atoms with Crippen molar-refractivity contribution in [3.63, 3.8) is 0 Å². The van der Waals surface area contributed by atoms with Crippen molar-refractivity contribution in [2.75, 3.05) is 6.61 Å². The summed E-state index contributed by atoms with van der Waals surface area (Å²) in [5.74, 6) is 1.42. The summed E-state index contributed by atoms with van der Waals surface area (Å²) >= 11 is 0. The summed E-state index contributed by atoms with van der Waals surface area (Å²) in [6, 6.07) is 2.22. The van der Waals surface area contributed by atoms with E-state index in [1.165, 1.54) is 12.8 Å². The number of imidazole rings is 1. The number of rotatable bonds is 6. The number of aliphatic hydroxyl groups is 1. The van der Waals surface area contributed by atoms with Gasteiger partial charge in [-0.1, -0.05) is 27.7 Å². The SMILES string of the molecule is CC.CC.Cn1cc(-c2cc3nccn3c(-c3cnn(C(CCO)C4CC4)c3)n2)cn1. The van der Waals surface area contributed by atoms with Crippen LogP contribution in [-0.2, 0) is 7.05 Å². The van der Waals surface area contributed by atoms with Crippen molar-refractivity contribution in [1.29, 1.82) is 0 Å². The molecule has 4 heterocycles. The molecule has 4 aromatic rings. The summed E-state index contributed by atoms with van der Waals surface area (Å²) in [4.78, 5) is 9.32. The number of aliphatic hydroxyl groups excluding tert-OH is 1. The first-order valence-corrected chi connectivity index (χ1v) is 11.2. The molecule has 0 aromatic carbocycles. The van der Waals surface area contributed by atoms with Crippen molar-refractivity contribution in [3.05, 3.63) is 43.2 Å². The van der Waals surface area contributed by atoms with E-state index in [2.05, 4.69) is 15.2 Å². The molecule has 5 rings (SSSR count). The Morgan fingerprint density at radius 2 is 1.81 bits per heavy atom. The molecule has 0 bridgehead atoms. The molecule has 1 N–H and O–H groups in total. The quantitative estimate of drug-likeness (QED) is 0.497. The zero-order valence-corrected chi connectivity index (χ0v) is 19.1. The van der Waals surface area contributed by atoms with Crippen LogP contribution in [0.1, 0.15) is 53.0 Å². The average molecular weight is 424 g/mol. The molecule has 1 saturated carbocycles. The predicted octanol–water partition coefficient (Wildman–Crippen LogP) is 4.38. The third kappa shape index (κ3) is 4.85. The number of fused-ring (bicyclic) bond motifs is 1. The fraction of sp³-hybridized carbons (Fsp3) is 0.478. The van der Waals surface area contributed by atoms with Crippen LogP contribution < -0.4 is 0 Å². The molecule has 8 nitrogen and oxygen atoms in total. The number of aromatic nitrogens is 7. The van der Waals surface area contributed by atoms with Gasteiger partial charge in [0.15, 0.2) is 0 Å². The summed E-state index contributed by atoms with van der Waals surface area (Å²) in [5, 5.41) is 18.2. The molecular weight excluding hydrogens is 390 g/mol. The number of hydrogen-bond acceptors (Lipinski definition) is 5. The Labute approximate surface area is 183 Å². The maximum atomic E-state index is 9.40. The van der Waals surface area contributed by atoms with Gasteiger partial charge in [-0.3, -0.25) is 13.8 Å². The van der Waals surface area contributed by atoms with Crippen LogP contribution in [-0.4, -0.2) is 45.6 Å². The first-order valence-electron chi connectivity index (χ1n) is 11.2. The lowest BCUT2D eigenvalue weighted by Crippen LogP contribution is -2.13. The molecule has 4 aromatic heterocycles. The van der Waals surface area contributed by atoms with Crippen molar-refractivity contribution >= 4 is 5.65 Å². The first kappa shape index (κ1) is 22.7. The molecule has 1 atom stereocenters. The van der Waals surface area contributed by atoms with E-state index in [4.69, 9.17) is 4.98 Å². The summed E-state index contributed by atoms with van der Waals surface area (Å²) in [7, 11) is 1.89. The molecule has 1 aliphatic carbocycles. The smallest absolute Gasteiger partial charge is 0.149 e. The second-order valence-electron chi connectivity index (χ2n) is 7.15. The lowest BCUT2D eigenvalue weighted by molar-refractivity contribution is 0.239. The van der Waals surface area contributed by atoms with Crippen LogP contribution in [0, 0.1) is 5.92 Å². The molecule has 0 aliphatic heterocycles. The summed E-state index contributed by atoms with van der Waals surface area (Å²) in [5.41, 5.74) is 3.56. The molecule has 1 aliphatic rings. The van der Waals surface area contributed by atoms with E-state index in [0.717, 1.165) is 34.7 Å². The maximum absolute atomic E-state index is 9.40. The third-order valence-electron chi connectivity index (χ3n) is 5.18. The van der Waals surface area contributed by atoms with Gasteiger partial charge in [-0.2, -0.15) is 10.2 Å². The minimum Gasteiger partial charge on any atom is -0.396 e. The van der Waals surface area contributed by atoms with Crippen molar-refractivity contribution in [1.82, 2.24) is 33.9 Å². The number of aryl methyl sites for hydroxylation is 1. The van der Waals surface area contributed by atoms with E-state index in [9.17, 15) is 5.11 Å². The fourth-order valence-corrected chi connectivity index (χ4v) is 3.66. The van der Waals surface area contributed by atoms with E-state index in [1.807, 2.05) is 74.7 Å². The zero-order valence-electron chi connectivity index (χ0n) is 19.1. The molecule has 1 fully saturated rings. The van der Waals surface area contributed by atoms with Gasteiger partial charge in [-0.25, -0.2) is 9.97 Å². The van der Waals surface area contributed by atoms with Crippen molar-refractivity contribution in [2.45, 2.75) is 53.0 Å². The summed E-state index contributed by atoms with van der Waals surface area (Å²) < 4.78 is 5.73. The van der Waals surface area contributed by atoms with Gasteiger partial charge in [0.2, 0.25) is 0 Å². The van der Waals surface area contributed by atoms with E-state index < -0.39 is 0 Å². The molecule has 0 radical (unpaired) electrons. The molecule has 0 saturated heterocycles. The maximum Gasteiger partial charge on any atom is 0.149 e. The zero-order chi connectivity index (χ0) is 22.4. The van der Waals surface area contributed by atoms with Gasteiger partial charge in [-0.05, 0) is 25.2 Å². The van der Waals surface area contributed by atoms with Crippen LogP contribution in [0.4, 0.5) is 0 Å². The highest BCUT2D eigenvalue weighted by atomic mass is 16.3. The largest absolute Gasteiger partial charge is 0.396 e. The Morgan fingerprint density at radius 1 is 1.06 bits per heavy atom. The highest BCUT2D eigenvalue weighted by Crippen LogP contribution is 2.41. The van der Waals surface area contributed by atoms with Gasteiger partial charge in [0, 0.05) is 50.1 Å². The molecule has 31 heavy (non-hydrogen) atoms. The van der Waals surface area contributed by atoms with E-state index >= 15 is 0 Å². The Bertz CT molecular complexity index is 1090. The molecule has 1 unspecified atom stereocenters. The molecule has 166 valence electrons. The second-order valence-corrected chi connectivity index (χ2v) is 7.15. The lowest BCUT2D eigenvalue weighted by Gasteiger charge is -2.15. The monoisotopic (exact) mass is 423 g/mol. The Kier molecular flexibility index (Phi) is 7.57. The molecule has 0 spiro atoms. The van der Waals surface area contributed by atoms with Crippen LogP contribution in [0.5, 0.6) is 0 Å². The minimum absolute atomic E-state index is 0.177. The van der Waals surface area contributed by atoms with Crippen LogP contribution in [0.3, 0.4) is 0 Å². The Hall–Kier alpha value is -3.00. The first-order chi connectivity index (χ1) is 15.2. The third-order valence-corrected chi connectivity index (χ3v) is 5.18. The van der Waals surface area contributed by atoms with Gasteiger partial charge < -0.3 is 5.11 Å². The van der Waals surface area contributed by atoms with Crippen molar-refractivity contribution < 1.29 is 5.11 Å². The van der Waals surface area contributed by atoms with Crippen molar-refractivity contribution in [3.8, 4) is 22.6 Å². The van der Waals surface area contributed by atoms with Gasteiger partial charge in [0.25, 0.3) is 0 Å². The fourth-order valence-electron chi connectivity index (χ4n) is 3.66. The number of nitrogens with zero attached hydrogens (tertiary/aromatic N) is 7. The Balaban J connectivity index is 0.000000645. The topological polar surface area (TPSA) is 86.1 Å². The highest BCUT2D eigenvalue weighted by molar-refractivity contribution is 5.68. The van der Waals surface area contributed by atoms with Crippen LogP contribution in [0.2, 0.25) is 0 Å². The normalized spacial score (nSPS) is 13.9. The predicted molar refractivity (Wildman–Crippen MR) is 123 cm³/mol. The van der Waals surface area contributed by atoms with E-state index in [0.29, 0.717) is 5.92 Å². The molecule has 8 heteroatoms. The molecule has 0 amide bonds. The van der Waals surface area contributed by atoms with Crippen LogP contribution >= 0.6 is 0 Å². The van der Waals surface area contributed by atoms with E-state index in [-0.39, 0.29) is 12.6 Å². The minimum atomic E-state index is 0.177. The van der Waals surface area contributed by atoms with Gasteiger partial charge in [-0.15, -0.1) is 0 Å². The van der Waals surface area contributed by atoms with Gasteiger partial charge >= 0.3 is 0 Å². The van der Waals surface area contributed by atoms with Crippen LogP contribution in [0.15, 0.2) is 43.2 Å². The standard InChI is InChI=1S/C19H21N7O.2C2H6/c1-24-11-14(9-21-24)16-8-18-20-5-6-25(18)19(23-16)15-10-22-26(12-15)17(4-7-27)13-2-3-13;2*1-2/h5-6,8-13,17,27H,2-4,7H2,1H3;2*1-2H3. The second kappa shape index (κ2) is 10.3. The Morgan fingerprint density at radius 3 is 2.45 bits per heavy atom. The van der Waals surface area contributed by atoms with Gasteiger partial charge in [0.1, 0.15) is 11.5 Å². The van der Waals surface area contributed by atoms with Crippen LogP contribution in [0.25, 0.3) is 28.3 Å². The average Bonchev–Trinajstić information content (AvgIpc) is 3.18. The highest BCUT2D eigenvalue weighted by Gasteiger charge is 2.32. The van der Waals surface area contributed by atoms with Gasteiger partial charge in [0.05, 0.1) is 29.7 Å². The molecular formula is C23H33N7O. The summed E-state index contributed by atoms with van der Waals surface area (Å²) in [6.07, 6.45) is 14.5. The summed E-state index contributed by atoms with van der Waals surface area (Å²) in [6.45, 7) is 8.18. The van der Waals surface area contributed by atoms with E-state index in [1.54, 1.807) is 17.1 Å². The van der Waals surface area contributed by atoms with Crippen molar-refractivity contribution in [2.24, 2.45) is 13.0 Å². The lowest BCUT2D eigenvalue weighted by atomic mass is 10.1.